The third-order valence-corrected chi connectivity index (χ3v) is 13.7. The SMILES string of the molecule is Cc1cc(C)c(-c2nnn3c([Si](C(C)C)(C(C)C)C(C)C)cccc23)c(C)c1. The summed E-state index contributed by atoms with van der Waals surface area (Å²) in [6, 6.07) is 11.2. The number of rotatable bonds is 5. The molecular weight excluding hydrogens is 358 g/mol. The highest BCUT2D eigenvalue weighted by molar-refractivity contribution is 6.94. The van der Waals surface area contributed by atoms with E-state index >= 15 is 0 Å². The van der Waals surface area contributed by atoms with Crippen molar-refractivity contribution >= 4 is 18.9 Å². The van der Waals surface area contributed by atoms with Gasteiger partial charge in [0.15, 0.2) is 0 Å². The van der Waals surface area contributed by atoms with Crippen molar-refractivity contribution in [1.82, 2.24) is 14.8 Å². The van der Waals surface area contributed by atoms with E-state index in [9.17, 15) is 0 Å². The fourth-order valence-corrected chi connectivity index (χ4v) is 12.6. The van der Waals surface area contributed by atoms with Gasteiger partial charge in [-0.15, -0.1) is 5.10 Å². The molecule has 28 heavy (non-hydrogen) atoms. The molecule has 3 nitrogen and oxygen atoms in total. The molecular formula is C24H35N3Si. The van der Waals surface area contributed by atoms with E-state index in [0.29, 0.717) is 16.6 Å². The fourth-order valence-electron chi connectivity index (χ4n) is 5.86. The van der Waals surface area contributed by atoms with Crippen LogP contribution in [0.5, 0.6) is 0 Å². The summed E-state index contributed by atoms with van der Waals surface area (Å²) >= 11 is 0. The first kappa shape index (κ1) is 20.8. The zero-order valence-electron chi connectivity index (χ0n) is 19.0. The van der Waals surface area contributed by atoms with Gasteiger partial charge in [-0.05, 0) is 60.7 Å². The molecule has 0 atom stereocenters. The second kappa shape index (κ2) is 7.47. The van der Waals surface area contributed by atoms with Crippen LogP contribution in [0.1, 0.15) is 58.2 Å². The number of hydrogen-bond acceptors (Lipinski definition) is 2. The number of nitrogens with zero attached hydrogens (tertiary/aromatic N) is 3. The van der Waals surface area contributed by atoms with Gasteiger partial charge in [-0.25, -0.2) is 4.52 Å². The van der Waals surface area contributed by atoms with Crippen LogP contribution in [0.15, 0.2) is 30.3 Å². The number of hydrogen-bond donors (Lipinski definition) is 0. The van der Waals surface area contributed by atoms with Gasteiger partial charge in [0.25, 0.3) is 0 Å². The third-order valence-electron chi connectivity index (χ3n) is 6.66. The first-order valence-corrected chi connectivity index (χ1v) is 12.8. The molecule has 150 valence electrons. The first-order valence-electron chi connectivity index (χ1n) is 10.5. The molecule has 0 radical (unpaired) electrons. The Hall–Kier alpha value is -1.94. The monoisotopic (exact) mass is 393 g/mol. The van der Waals surface area contributed by atoms with Gasteiger partial charge >= 0.3 is 0 Å². The number of fused-ring (bicyclic) bond motifs is 1. The standard InChI is InChI=1S/C24H35N3Si/c1-15(2)28(16(3)4,17(5)6)22-12-10-11-21-24(25-26-27(21)22)23-19(8)13-18(7)14-20(23)9/h10-17H,1-9H3. The summed E-state index contributed by atoms with van der Waals surface area (Å²) < 4.78 is 2.17. The van der Waals surface area contributed by atoms with E-state index in [4.69, 9.17) is 10.3 Å². The van der Waals surface area contributed by atoms with Crippen LogP contribution in [0.3, 0.4) is 0 Å². The molecule has 0 spiro atoms. The van der Waals surface area contributed by atoms with E-state index in [-0.39, 0.29) is 0 Å². The van der Waals surface area contributed by atoms with Crippen molar-refractivity contribution in [3.8, 4) is 11.3 Å². The fraction of sp³-hybridized carbons (Fsp3) is 0.500. The van der Waals surface area contributed by atoms with Crippen molar-refractivity contribution in [1.29, 1.82) is 0 Å². The van der Waals surface area contributed by atoms with Crippen LogP contribution in [0, 0.1) is 20.8 Å². The summed E-state index contributed by atoms with van der Waals surface area (Å²) in [4.78, 5) is 0. The van der Waals surface area contributed by atoms with Crippen LogP contribution in [-0.2, 0) is 0 Å². The van der Waals surface area contributed by atoms with Gasteiger partial charge < -0.3 is 0 Å². The molecule has 0 amide bonds. The van der Waals surface area contributed by atoms with E-state index in [1.54, 1.807) is 0 Å². The largest absolute Gasteiger partial charge is 0.221 e. The molecule has 4 heteroatoms. The minimum absolute atomic E-state index is 0.633. The summed E-state index contributed by atoms with van der Waals surface area (Å²) in [5.74, 6) is 0. The third kappa shape index (κ3) is 3.02. The highest BCUT2D eigenvalue weighted by Crippen LogP contribution is 2.41. The van der Waals surface area contributed by atoms with Crippen molar-refractivity contribution in [2.75, 3.05) is 0 Å². The quantitative estimate of drug-likeness (QED) is 0.483. The Morgan fingerprint density at radius 2 is 1.36 bits per heavy atom. The molecule has 0 saturated carbocycles. The summed E-state index contributed by atoms with van der Waals surface area (Å²) in [6.07, 6.45) is 0. The van der Waals surface area contributed by atoms with E-state index in [1.807, 2.05) is 0 Å². The van der Waals surface area contributed by atoms with Crippen LogP contribution in [0.25, 0.3) is 16.8 Å². The number of aryl methyl sites for hydroxylation is 3. The summed E-state index contributed by atoms with van der Waals surface area (Å²) in [5.41, 5.74) is 9.10. The van der Waals surface area contributed by atoms with Gasteiger partial charge in [0.05, 0.1) is 5.52 Å². The van der Waals surface area contributed by atoms with Gasteiger partial charge in [-0.3, -0.25) is 0 Å². The summed E-state index contributed by atoms with van der Waals surface area (Å²) in [7, 11) is -1.83. The van der Waals surface area contributed by atoms with Crippen LogP contribution in [-0.4, -0.2) is 22.9 Å². The molecule has 0 aliphatic carbocycles. The summed E-state index contributed by atoms with van der Waals surface area (Å²) in [5, 5.41) is 10.8. The average Bonchev–Trinajstić information content (AvgIpc) is 2.98. The van der Waals surface area contributed by atoms with Gasteiger partial charge in [0, 0.05) is 10.9 Å². The lowest BCUT2D eigenvalue weighted by Gasteiger charge is -2.43. The highest BCUT2D eigenvalue weighted by atomic mass is 28.3. The summed E-state index contributed by atoms with van der Waals surface area (Å²) in [6.45, 7) is 20.9. The average molecular weight is 394 g/mol. The van der Waals surface area contributed by atoms with E-state index in [2.05, 4.69) is 97.2 Å². The lowest BCUT2D eigenvalue weighted by Crippen LogP contribution is -2.58. The second-order valence-corrected chi connectivity index (χ2v) is 15.2. The Morgan fingerprint density at radius 1 is 0.821 bits per heavy atom. The molecule has 0 saturated heterocycles. The Bertz CT molecular complexity index is 953. The normalized spacial score (nSPS) is 12.7. The minimum atomic E-state index is -1.83. The van der Waals surface area contributed by atoms with Gasteiger partial charge in [-0.2, -0.15) is 0 Å². The van der Waals surface area contributed by atoms with Gasteiger partial charge in [0.2, 0.25) is 0 Å². The number of aromatic nitrogens is 3. The molecule has 1 aromatic carbocycles. The van der Waals surface area contributed by atoms with Gasteiger partial charge in [0.1, 0.15) is 13.8 Å². The van der Waals surface area contributed by atoms with Crippen molar-refractivity contribution in [3.63, 3.8) is 0 Å². The molecule has 2 aromatic heterocycles. The maximum absolute atomic E-state index is 4.71. The molecule has 0 N–H and O–H groups in total. The van der Waals surface area contributed by atoms with Crippen LogP contribution >= 0.6 is 0 Å². The molecule has 0 fully saturated rings. The molecule has 2 heterocycles. The van der Waals surface area contributed by atoms with E-state index in [0.717, 1.165) is 11.2 Å². The molecule has 0 aliphatic rings. The topological polar surface area (TPSA) is 30.2 Å². The molecule has 3 rings (SSSR count). The first-order chi connectivity index (χ1) is 13.1. The molecule has 0 bridgehead atoms. The van der Waals surface area contributed by atoms with Crippen molar-refractivity contribution in [2.24, 2.45) is 0 Å². The number of pyridine rings is 1. The minimum Gasteiger partial charge on any atom is -0.221 e. The van der Waals surface area contributed by atoms with Crippen molar-refractivity contribution in [3.05, 3.63) is 47.0 Å². The van der Waals surface area contributed by atoms with Crippen LogP contribution in [0.4, 0.5) is 0 Å². The Labute approximate surface area is 171 Å². The van der Waals surface area contributed by atoms with Crippen LogP contribution in [0.2, 0.25) is 16.6 Å². The maximum Gasteiger partial charge on any atom is 0.121 e. The van der Waals surface area contributed by atoms with E-state index < -0.39 is 8.07 Å². The predicted octanol–water partition coefficient (Wildman–Crippen LogP) is 6.21. The second-order valence-electron chi connectivity index (χ2n) is 9.32. The highest BCUT2D eigenvalue weighted by Gasteiger charge is 2.46. The van der Waals surface area contributed by atoms with Crippen LogP contribution < -0.4 is 5.32 Å². The van der Waals surface area contributed by atoms with Crippen molar-refractivity contribution < 1.29 is 0 Å². The van der Waals surface area contributed by atoms with Crippen molar-refractivity contribution in [2.45, 2.75) is 78.9 Å². The Kier molecular flexibility index (Phi) is 5.55. The Balaban J connectivity index is 2.34. The molecule has 0 aliphatic heterocycles. The Morgan fingerprint density at radius 3 is 1.86 bits per heavy atom. The molecule has 3 aromatic rings. The lowest BCUT2D eigenvalue weighted by molar-refractivity contribution is 0.807. The zero-order valence-corrected chi connectivity index (χ0v) is 20.0. The number of benzene rings is 1. The zero-order chi connectivity index (χ0) is 20.8. The van der Waals surface area contributed by atoms with E-state index in [1.165, 1.54) is 27.6 Å². The maximum atomic E-state index is 4.71. The van der Waals surface area contributed by atoms with Gasteiger partial charge in [-0.1, -0.05) is 70.5 Å². The predicted molar refractivity (Wildman–Crippen MR) is 123 cm³/mol. The molecule has 0 unspecified atom stereocenters. The lowest BCUT2D eigenvalue weighted by atomic mass is 9.97. The smallest absolute Gasteiger partial charge is 0.121 e.